The quantitative estimate of drug-likeness (QED) is 0.838. The molecule has 0 aromatic heterocycles. The minimum atomic E-state index is -3.36. The van der Waals surface area contributed by atoms with Crippen LogP contribution in [0, 0.1) is 6.92 Å². The van der Waals surface area contributed by atoms with E-state index in [2.05, 4.69) is 0 Å². The lowest BCUT2D eigenvalue weighted by atomic mass is 10.1. The summed E-state index contributed by atoms with van der Waals surface area (Å²) in [5, 5.41) is 0. The third-order valence-corrected chi connectivity index (χ3v) is 5.13. The number of aryl methyl sites for hydroxylation is 1. The van der Waals surface area contributed by atoms with Crippen molar-refractivity contribution in [2.75, 3.05) is 0 Å². The number of benzene rings is 2. The van der Waals surface area contributed by atoms with Gasteiger partial charge in [-0.05, 0) is 36.3 Å². The molecule has 0 bridgehead atoms. The van der Waals surface area contributed by atoms with Gasteiger partial charge in [-0.1, -0.05) is 54.1 Å². The van der Waals surface area contributed by atoms with Crippen LogP contribution in [0.15, 0.2) is 64.4 Å². The maximum atomic E-state index is 12.4. The van der Waals surface area contributed by atoms with Gasteiger partial charge < -0.3 is 0 Å². The van der Waals surface area contributed by atoms with Gasteiger partial charge in [-0.25, -0.2) is 8.42 Å². The third kappa shape index (κ3) is 2.21. The van der Waals surface area contributed by atoms with Gasteiger partial charge in [0.25, 0.3) is 0 Å². The highest BCUT2D eigenvalue weighted by atomic mass is 32.2. The SMILES string of the molecule is Cc1ccc2c(c1)C=C(/C=C/c1ccccc1)S2(=O)=O. The molecule has 2 aromatic rings. The van der Waals surface area contributed by atoms with Crippen LogP contribution < -0.4 is 0 Å². The number of rotatable bonds is 2. The molecule has 1 heterocycles. The second-order valence-electron chi connectivity index (χ2n) is 4.84. The molecule has 0 unspecified atom stereocenters. The van der Waals surface area contributed by atoms with E-state index in [4.69, 9.17) is 0 Å². The lowest BCUT2D eigenvalue weighted by Crippen LogP contribution is -1.98. The van der Waals surface area contributed by atoms with E-state index in [0.717, 1.165) is 16.7 Å². The predicted molar refractivity (Wildman–Crippen MR) is 81.8 cm³/mol. The normalized spacial score (nSPS) is 16.1. The van der Waals surface area contributed by atoms with Gasteiger partial charge in [-0.15, -0.1) is 0 Å². The Morgan fingerprint density at radius 1 is 0.950 bits per heavy atom. The first kappa shape index (κ1) is 12.9. The fraction of sp³-hybridized carbons (Fsp3) is 0.0588. The Morgan fingerprint density at radius 2 is 1.70 bits per heavy atom. The Bertz CT molecular complexity index is 813. The van der Waals surface area contributed by atoms with Gasteiger partial charge in [0, 0.05) is 0 Å². The largest absolute Gasteiger partial charge is 0.218 e. The maximum Gasteiger partial charge on any atom is 0.207 e. The molecule has 1 aliphatic heterocycles. The molecular weight excluding hydrogens is 268 g/mol. The van der Waals surface area contributed by atoms with Crippen molar-refractivity contribution in [2.24, 2.45) is 0 Å². The molecule has 0 amide bonds. The first-order chi connectivity index (χ1) is 9.57. The molecule has 0 spiro atoms. The summed E-state index contributed by atoms with van der Waals surface area (Å²) in [4.78, 5) is 0.748. The molecule has 3 heteroatoms. The molecule has 0 saturated carbocycles. The number of hydrogen-bond donors (Lipinski definition) is 0. The van der Waals surface area contributed by atoms with Gasteiger partial charge in [-0.2, -0.15) is 0 Å². The van der Waals surface area contributed by atoms with Gasteiger partial charge in [0.1, 0.15) is 0 Å². The maximum absolute atomic E-state index is 12.4. The third-order valence-electron chi connectivity index (χ3n) is 3.30. The zero-order chi connectivity index (χ0) is 14.2. The summed E-state index contributed by atoms with van der Waals surface area (Å²) in [6.45, 7) is 1.96. The van der Waals surface area contributed by atoms with E-state index in [9.17, 15) is 8.42 Å². The monoisotopic (exact) mass is 282 g/mol. The average Bonchev–Trinajstić information content (AvgIpc) is 2.68. The Hall–Kier alpha value is -2.13. The molecule has 0 saturated heterocycles. The van der Waals surface area contributed by atoms with E-state index in [0.29, 0.717) is 9.80 Å². The summed E-state index contributed by atoms with van der Waals surface area (Å²) >= 11 is 0. The summed E-state index contributed by atoms with van der Waals surface area (Å²) in [5.41, 5.74) is 2.82. The Labute approximate surface area is 119 Å². The molecule has 0 N–H and O–H groups in total. The van der Waals surface area contributed by atoms with E-state index < -0.39 is 9.84 Å². The average molecular weight is 282 g/mol. The predicted octanol–water partition coefficient (Wildman–Crippen LogP) is 3.84. The van der Waals surface area contributed by atoms with Crippen molar-refractivity contribution in [3.63, 3.8) is 0 Å². The molecule has 100 valence electrons. The van der Waals surface area contributed by atoms with Crippen LogP contribution in [0.1, 0.15) is 16.7 Å². The highest BCUT2D eigenvalue weighted by Crippen LogP contribution is 2.34. The van der Waals surface area contributed by atoms with Gasteiger partial charge in [0.05, 0.1) is 9.80 Å². The fourth-order valence-corrected chi connectivity index (χ4v) is 3.72. The molecule has 2 nitrogen and oxygen atoms in total. The van der Waals surface area contributed by atoms with Crippen LogP contribution >= 0.6 is 0 Å². The number of sulfone groups is 1. The van der Waals surface area contributed by atoms with Crippen molar-refractivity contribution < 1.29 is 8.42 Å². The highest BCUT2D eigenvalue weighted by molar-refractivity contribution is 7.96. The van der Waals surface area contributed by atoms with Crippen LogP contribution in [0.4, 0.5) is 0 Å². The Balaban J connectivity index is 2.01. The molecule has 3 rings (SSSR count). The van der Waals surface area contributed by atoms with Crippen molar-refractivity contribution >= 4 is 22.0 Å². The van der Waals surface area contributed by atoms with Gasteiger partial charge in [0.2, 0.25) is 9.84 Å². The summed E-state index contributed by atoms with van der Waals surface area (Å²) in [5.74, 6) is 0. The summed E-state index contributed by atoms with van der Waals surface area (Å²) in [7, 11) is -3.36. The number of hydrogen-bond acceptors (Lipinski definition) is 2. The van der Waals surface area contributed by atoms with E-state index in [-0.39, 0.29) is 0 Å². The van der Waals surface area contributed by atoms with E-state index in [1.165, 1.54) is 0 Å². The van der Waals surface area contributed by atoms with Crippen LogP contribution in [0.3, 0.4) is 0 Å². The van der Waals surface area contributed by atoms with Crippen molar-refractivity contribution in [3.05, 3.63) is 76.2 Å². The van der Waals surface area contributed by atoms with Gasteiger partial charge in [0.15, 0.2) is 0 Å². The van der Waals surface area contributed by atoms with Gasteiger partial charge in [-0.3, -0.25) is 0 Å². The summed E-state index contributed by atoms with van der Waals surface area (Å²) in [6, 6.07) is 15.1. The van der Waals surface area contributed by atoms with Crippen molar-refractivity contribution in [2.45, 2.75) is 11.8 Å². The molecular formula is C17H14O2S. The summed E-state index contributed by atoms with van der Waals surface area (Å²) < 4.78 is 24.8. The van der Waals surface area contributed by atoms with E-state index >= 15 is 0 Å². The Kier molecular flexibility index (Phi) is 3.07. The van der Waals surface area contributed by atoms with Crippen LogP contribution in [0.2, 0.25) is 0 Å². The van der Waals surface area contributed by atoms with Crippen LogP contribution in [0.5, 0.6) is 0 Å². The van der Waals surface area contributed by atoms with Crippen molar-refractivity contribution in [3.8, 4) is 0 Å². The second kappa shape index (κ2) is 4.76. The molecule has 2 aromatic carbocycles. The smallest absolute Gasteiger partial charge is 0.207 e. The van der Waals surface area contributed by atoms with Crippen LogP contribution in [-0.4, -0.2) is 8.42 Å². The van der Waals surface area contributed by atoms with Gasteiger partial charge >= 0.3 is 0 Å². The lowest BCUT2D eigenvalue weighted by Gasteiger charge is -2.00. The first-order valence-electron chi connectivity index (χ1n) is 6.38. The summed E-state index contributed by atoms with van der Waals surface area (Å²) in [6.07, 6.45) is 5.22. The van der Waals surface area contributed by atoms with Crippen molar-refractivity contribution in [1.29, 1.82) is 0 Å². The van der Waals surface area contributed by atoms with Crippen molar-refractivity contribution in [1.82, 2.24) is 0 Å². The Morgan fingerprint density at radius 3 is 2.45 bits per heavy atom. The topological polar surface area (TPSA) is 34.1 Å². The standard InChI is InChI=1S/C17H14O2S/c1-13-7-10-17-15(11-13)12-16(20(17,18)19)9-8-14-5-3-2-4-6-14/h2-12H,1H3/b9-8+. The van der Waals surface area contributed by atoms with Crippen LogP contribution in [0.25, 0.3) is 12.2 Å². The minimum Gasteiger partial charge on any atom is -0.218 e. The highest BCUT2D eigenvalue weighted by Gasteiger charge is 2.27. The molecule has 0 aliphatic carbocycles. The molecule has 1 aliphatic rings. The number of fused-ring (bicyclic) bond motifs is 1. The second-order valence-corrected chi connectivity index (χ2v) is 6.75. The minimum absolute atomic E-state index is 0.349. The van der Waals surface area contributed by atoms with E-state index in [1.54, 1.807) is 18.2 Å². The fourth-order valence-electron chi connectivity index (χ4n) is 2.26. The van der Waals surface area contributed by atoms with Crippen LogP contribution in [-0.2, 0) is 9.84 Å². The molecule has 0 radical (unpaired) electrons. The zero-order valence-corrected chi connectivity index (χ0v) is 11.9. The lowest BCUT2D eigenvalue weighted by molar-refractivity contribution is 0.604. The molecule has 0 atom stereocenters. The molecule has 20 heavy (non-hydrogen) atoms. The number of allylic oxidation sites excluding steroid dienone is 1. The zero-order valence-electron chi connectivity index (χ0n) is 11.1. The van der Waals surface area contributed by atoms with E-state index in [1.807, 2.05) is 55.5 Å². The first-order valence-corrected chi connectivity index (χ1v) is 7.86. The molecule has 0 fully saturated rings.